The first-order valence-corrected chi connectivity index (χ1v) is 3.87. The van der Waals surface area contributed by atoms with E-state index < -0.39 is 5.91 Å². The van der Waals surface area contributed by atoms with Crippen LogP contribution >= 0.6 is 0 Å². The number of nitrogens with two attached hydrogens (primary N) is 1. The minimum Gasteiger partial charge on any atom is -0.503 e. The summed E-state index contributed by atoms with van der Waals surface area (Å²) in [6, 6.07) is 0. The van der Waals surface area contributed by atoms with Gasteiger partial charge in [-0.25, -0.2) is 0 Å². The number of hydrogen-bond acceptors (Lipinski definition) is 2. The van der Waals surface area contributed by atoms with E-state index in [0.29, 0.717) is 0 Å². The van der Waals surface area contributed by atoms with Crippen molar-refractivity contribution in [1.29, 1.82) is 0 Å². The quantitative estimate of drug-likeness (QED) is 0.361. The summed E-state index contributed by atoms with van der Waals surface area (Å²) in [6.45, 7) is 2.09. The van der Waals surface area contributed by atoms with Gasteiger partial charge in [0.15, 0.2) is 5.76 Å². The maximum Gasteiger partial charge on any atom is 0.283 e. The Morgan fingerprint density at radius 1 is 1.55 bits per heavy atom. The first-order chi connectivity index (χ1) is 5.18. The summed E-state index contributed by atoms with van der Waals surface area (Å²) < 4.78 is 0. The molecule has 0 aliphatic rings. The first kappa shape index (κ1) is 10.0. The molecule has 0 aliphatic heterocycles. The van der Waals surface area contributed by atoms with E-state index in [4.69, 9.17) is 10.8 Å². The van der Waals surface area contributed by atoms with Gasteiger partial charge in [0.05, 0.1) is 0 Å². The Kier molecular flexibility index (Phi) is 5.25. The molecule has 1 amide bonds. The zero-order valence-corrected chi connectivity index (χ0v) is 6.84. The number of rotatable bonds is 5. The molecule has 0 fully saturated rings. The van der Waals surface area contributed by atoms with Crippen molar-refractivity contribution >= 4 is 5.91 Å². The van der Waals surface area contributed by atoms with Gasteiger partial charge in [-0.15, -0.1) is 0 Å². The van der Waals surface area contributed by atoms with Crippen LogP contribution in [0.15, 0.2) is 11.8 Å². The molecule has 0 atom stereocenters. The molecule has 64 valence electrons. The van der Waals surface area contributed by atoms with Gasteiger partial charge in [-0.1, -0.05) is 19.8 Å². The van der Waals surface area contributed by atoms with Crippen LogP contribution in [0.3, 0.4) is 0 Å². The van der Waals surface area contributed by atoms with E-state index in [1.165, 1.54) is 6.08 Å². The number of aliphatic hydroxyl groups excluding tert-OH is 1. The lowest BCUT2D eigenvalue weighted by molar-refractivity contribution is -0.116. The fourth-order valence-corrected chi connectivity index (χ4v) is 0.734. The van der Waals surface area contributed by atoms with Gasteiger partial charge >= 0.3 is 0 Å². The lowest BCUT2D eigenvalue weighted by Crippen LogP contribution is -2.13. The van der Waals surface area contributed by atoms with Crippen LogP contribution < -0.4 is 5.73 Å². The molecule has 0 heterocycles. The molecule has 0 saturated heterocycles. The van der Waals surface area contributed by atoms with E-state index in [0.717, 1.165) is 25.7 Å². The van der Waals surface area contributed by atoms with E-state index in [1.54, 1.807) is 0 Å². The Hall–Kier alpha value is -0.990. The maximum absolute atomic E-state index is 10.3. The number of primary amides is 1. The summed E-state index contributed by atoms with van der Waals surface area (Å²) in [7, 11) is 0. The van der Waals surface area contributed by atoms with Crippen molar-refractivity contribution in [2.75, 3.05) is 0 Å². The topological polar surface area (TPSA) is 63.3 Å². The Morgan fingerprint density at radius 3 is 2.64 bits per heavy atom. The van der Waals surface area contributed by atoms with E-state index >= 15 is 0 Å². The third-order valence-electron chi connectivity index (χ3n) is 1.40. The number of hydrogen-bond donors (Lipinski definition) is 2. The molecule has 0 aromatic heterocycles. The third-order valence-corrected chi connectivity index (χ3v) is 1.40. The summed E-state index contributed by atoms with van der Waals surface area (Å²) in [5.74, 6) is -1.07. The molecule has 0 rings (SSSR count). The van der Waals surface area contributed by atoms with Crippen molar-refractivity contribution in [2.45, 2.75) is 32.6 Å². The van der Waals surface area contributed by atoms with E-state index in [-0.39, 0.29) is 5.76 Å². The number of carbonyl (C=O) groups is 1. The van der Waals surface area contributed by atoms with Gasteiger partial charge in [0, 0.05) is 0 Å². The second-order valence-electron chi connectivity index (χ2n) is 2.45. The molecule has 3 N–H and O–H groups in total. The molecule has 3 nitrogen and oxygen atoms in total. The molecular formula is C8H15NO2. The summed E-state index contributed by atoms with van der Waals surface area (Å²) in [6.07, 6.45) is 5.43. The molecule has 0 aliphatic carbocycles. The normalized spacial score (nSPS) is 11.5. The summed E-state index contributed by atoms with van der Waals surface area (Å²) >= 11 is 0. The monoisotopic (exact) mass is 157 g/mol. The van der Waals surface area contributed by atoms with E-state index in [9.17, 15) is 4.79 Å². The molecule has 0 saturated carbocycles. The molecule has 0 aromatic rings. The molecular weight excluding hydrogens is 142 g/mol. The first-order valence-electron chi connectivity index (χ1n) is 3.87. The number of amides is 1. The fourth-order valence-electron chi connectivity index (χ4n) is 0.734. The van der Waals surface area contributed by atoms with Crippen molar-refractivity contribution in [3.8, 4) is 0 Å². The van der Waals surface area contributed by atoms with Crippen LogP contribution in [-0.2, 0) is 4.79 Å². The number of unbranched alkanes of at least 4 members (excludes halogenated alkanes) is 3. The summed E-state index contributed by atoms with van der Waals surface area (Å²) in [4.78, 5) is 10.3. The summed E-state index contributed by atoms with van der Waals surface area (Å²) in [5.41, 5.74) is 4.79. The number of carbonyl (C=O) groups excluding carboxylic acids is 1. The summed E-state index contributed by atoms with van der Waals surface area (Å²) in [5, 5.41) is 8.81. The molecule has 0 radical (unpaired) electrons. The molecule has 0 spiro atoms. The number of allylic oxidation sites excluding steroid dienone is 1. The van der Waals surface area contributed by atoms with Gasteiger partial charge in [0.25, 0.3) is 5.91 Å². The zero-order chi connectivity index (χ0) is 8.69. The average Bonchev–Trinajstić information content (AvgIpc) is 1.97. The van der Waals surface area contributed by atoms with Crippen molar-refractivity contribution in [3.05, 3.63) is 11.8 Å². The van der Waals surface area contributed by atoms with Gasteiger partial charge in [0.2, 0.25) is 0 Å². The van der Waals surface area contributed by atoms with Crippen LogP contribution in [-0.4, -0.2) is 11.0 Å². The highest BCUT2D eigenvalue weighted by molar-refractivity contribution is 5.89. The molecule has 11 heavy (non-hydrogen) atoms. The van der Waals surface area contributed by atoms with Crippen molar-refractivity contribution in [3.63, 3.8) is 0 Å². The van der Waals surface area contributed by atoms with Gasteiger partial charge in [-0.2, -0.15) is 0 Å². The standard InChI is InChI=1S/C8H15NO2/c1-2-3-4-5-6-7(10)8(9)11/h6,10H,2-5H2,1H3,(H2,9,11)/b7-6-. The predicted molar refractivity (Wildman–Crippen MR) is 44.0 cm³/mol. The lowest BCUT2D eigenvalue weighted by Gasteiger charge is -1.93. The Morgan fingerprint density at radius 2 is 2.18 bits per heavy atom. The van der Waals surface area contributed by atoms with Crippen LogP contribution in [0.4, 0.5) is 0 Å². The van der Waals surface area contributed by atoms with Crippen LogP contribution in [0.5, 0.6) is 0 Å². The average molecular weight is 157 g/mol. The van der Waals surface area contributed by atoms with Gasteiger partial charge < -0.3 is 10.8 Å². The largest absolute Gasteiger partial charge is 0.503 e. The zero-order valence-electron chi connectivity index (χ0n) is 6.84. The Balaban J connectivity index is 3.48. The molecule has 0 bridgehead atoms. The highest BCUT2D eigenvalue weighted by Crippen LogP contribution is 2.01. The van der Waals surface area contributed by atoms with Crippen LogP contribution in [0.1, 0.15) is 32.6 Å². The highest BCUT2D eigenvalue weighted by atomic mass is 16.3. The molecule has 0 aromatic carbocycles. The van der Waals surface area contributed by atoms with E-state index in [1.807, 2.05) is 0 Å². The smallest absolute Gasteiger partial charge is 0.283 e. The maximum atomic E-state index is 10.3. The van der Waals surface area contributed by atoms with E-state index in [2.05, 4.69) is 6.92 Å². The van der Waals surface area contributed by atoms with Crippen molar-refractivity contribution in [2.24, 2.45) is 5.73 Å². The fraction of sp³-hybridized carbons (Fsp3) is 0.625. The van der Waals surface area contributed by atoms with Crippen LogP contribution in [0, 0.1) is 0 Å². The van der Waals surface area contributed by atoms with Crippen molar-refractivity contribution in [1.82, 2.24) is 0 Å². The Bertz CT molecular complexity index is 152. The van der Waals surface area contributed by atoms with Crippen molar-refractivity contribution < 1.29 is 9.90 Å². The predicted octanol–water partition coefficient (Wildman–Crippen LogP) is 1.49. The SMILES string of the molecule is CCCCC/C=C(\O)C(N)=O. The molecule has 3 heteroatoms. The van der Waals surface area contributed by atoms with Gasteiger partial charge in [-0.05, 0) is 18.9 Å². The minimum atomic E-state index is -0.749. The van der Waals surface area contributed by atoms with Gasteiger partial charge in [0.1, 0.15) is 0 Å². The van der Waals surface area contributed by atoms with Gasteiger partial charge in [-0.3, -0.25) is 4.79 Å². The second kappa shape index (κ2) is 5.77. The molecule has 0 unspecified atom stereocenters. The van der Waals surface area contributed by atoms with Crippen LogP contribution in [0.25, 0.3) is 0 Å². The van der Waals surface area contributed by atoms with Crippen LogP contribution in [0.2, 0.25) is 0 Å². The third kappa shape index (κ3) is 5.45. The highest BCUT2D eigenvalue weighted by Gasteiger charge is 1.97. The second-order valence-corrected chi connectivity index (χ2v) is 2.45. The number of aliphatic hydroxyl groups is 1. The lowest BCUT2D eigenvalue weighted by atomic mass is 10.2. The Labute approximate surface area is 66.9 Å². The minimum absolute atomic E-state index is 0.318.